The summed E-state index contributed by atoms with van der Waals surface area (Å²) in [5, 5.41) is 15.7. The largest absolute Gasteiger partial charge is 0.382 e. The number of aliphatic hydroxyl groups is 1. The molecule has 3 N–H and O–H groups in total. The molecule has 3 fully saturated rings. The summed E-state index contributed by atoms with van der Waals surface area (Å²) in [5.74, 6) is -0.370. The van der Waals surface area contributed by atoms with Gasteiger partial charge in [0.2, 0.25) is 0 Å². The van der Waals surface area contributed by atoms with Crippen molar-refractivity contribution in [1.29, 1.82) is 0 Å². The Morgan fingerprint density at radius 2 is 1.85 bits per heavy atom. The molecule has 4 aromatic heterocycles. The van der Waals surface area contributed by atoms with E-state index in [1.807, 2.05) is 30.2 Å². The molecule has 40 heavy (non-hydrogen) atoms. The SMILES string of the molecule is Cc1cnc(-c2ccc(-c3cnn4c(N)c(S(C)(=O)=O)c(C5CC6CCC(C5)N6C(=O)C5(O)CC5)nc34)cn2)s1. The lowest BCUT2D eigenvalue weighted by Crippen LogP contribution is -2.51. The summed E-state index contributed by atoms with van der Waals surface area (Å²) < 4.78 is 27.4. The van der Waals surface area contributed by atoms with Crippen LogP contribution in [-0.4, -0.2) is 72.8 Å². The predicted octanol–water partition coefficient (Wildman–Crippen LogP) is 2.97. The van der Waals surface area contributed by atoms with Crippen molar-refractivity contribution in [3.05, 3.63) is 41.3 Å². The Morgan fingerprint density at radius 3 is 2.42 bits per heavy atom. The number of carbonyl (C=O) groups excluding carboxylic acids is 1. The molecule has 3 aliphatic rings. The molecule has 2 bridgehead atoms. The Morgan fingerprint density at radius 1 is 1.12 bits per heavy atom. The van der Waals surface area contributed by atoms with Crippen LogP contribution in [0.5, 0.6) is 0 Å². The van der Waals surface area contributed by atoms with E-state index in [2.05, 4.69) is 15.1 Å². The molecule has 208 valence electrons. The molecule has 0 radical (unpaired) electrons. The molecule has 4 aromatic rings. The van der Waals surface area contributed by atoms with Crippen molar-refractivity contribution >= 4 is 38.5 Å². The van der Waals surface area contributed by atoms with Crippen molar-refractivity contribution in [3.8, 4) is 21.8 Å². The summed E-state index contributed by atoms with van der Waals surface area (Å²) in [6.07, 6.45) is 10.1. The van der Waals surface area contributed by atoms with Crippen LogP contribution in [0.1, 0.15) is 55.0 Å². The number of carbonyl (C=O) groups is 1. The molecule has 7 rings (SSSR count). The second kappa shape index (κ2) is 8.79. The minimum atomic E-state index is -3.74. The Balaban J connectivity index is 1.29. The van der Waals surface area contributed by atoms with Gasteiger partial charge in [-0.2, -0.15) is 9.61 Å². The third-order valence-electron chi connectivity index (χ3n) is 8.43. The number of rotatable bonds is 5. The number of thiazole rings is 1. The first-order valence-electron chi connectivity index (χ1n) is 13.3. The second-order valence-corrected chi connectivity index (χ2v) is 14.5. The van der Waals surface area contributed by atoms with E-state index in [1.54, 1.807) is 23.7 Å². The Kier molecular flexibility index (Phi) is 5.61. The maximum absolute atomic E-state index is 13.0. The van der Waals surface area contributed by atoms with E-state index in [-0.39, 0.29) is 34.6 Å². The highest BCUT2D eigenvalue weighted by molar-refractivity contribution is 7.91. The van der Waals surface area contributed by atoms with Crippen LogP contribution in [0.4, 0.5) is 5.82 Å². The highest BCUT2D eigenvalue weighted by Gasteiger charge is 2.55. The second-order valence-electron chi connectivity index (χ2n) is 11.3. The normalized spacial score (nSPS) is 23.6. The summed E-state index contributed by atoms with van der Waals surface area (Å²) >= 11 is 1.57. The van der Waals surface area contributed by atoms with Crippen molar-refractivity contribution in [2.24, 2.45) is 0 Å². The van der Waals surface area contributed by atoms with E-state index >= 15 is 0 Å². The number of pyridine rings is 1. The summed E-state index contributed by atoms with van der Waals surface area (Å²) in [4.78, 5) is 29.9. The molecule has 1 saturated carbocycles. The van der Waals surface area contributed by atoms with Crippen LogP contribution in [0.15, 0.2) is 35.6 Å². The third-order valence-corrected chi connectivity index (χ3v) is 10.5. The van der Waals surface area contributed by atoms with Crippen LogP contribution in [-0.2, 0) is 14.6 Å². The van der Waals surface area contributed by atoms with Crippen LogP contribution >= 0.6 is 11.3 Å². The number of nitrogens with zero attached hydrogens (tertiary/aromatic N) is 6. The highest BCUT2D eigenvalue weighted by Crippen LogP contribution is 2.48. The number of hydrogen-bond acceptors (Lipinski definition) is 10. The number of nitrogen functional groups attached to an aromatic ring is 1. The van der Waals surface area contributed by atoms with Gasteiger partial charge >= 0.3 is 0 Å². The molecule has 1 aliphatic carbocycles. The number of nitrogens with two attached hydrogens (primary N) is 1. The van der Waals surface area contributed by atoms with E-state index in [1.165, 1.54) is 4.52 Å². The monoisotopic (exact) mass is 579 g/mol. The van der Waals surface area contributed by atoms with Gasteiger partial charge in [-0.25, -0.2) is 18.4 Å². The van der Waals surface area contributed by atoms with Crippen LogP contribution < -0.4 is 5.73 Å². The lowest BCUT2D eigenvalue weighted by atomic mass is 9.87. The van der Waals surface area contributed by atoms with Crippen molar-refractivity contribution in [1.82, 2.24) is 29.5 Å². The number of piperidine rings is 1. The van der Waals surface area contributed by atoms with Gasteiger partial charge < -0.3 is 15.7 Å². The van der Waals surface area contributed by atoms with Crippen LogP contribution in [0.2, 0.25) is 0 Å². The standard InChI is InChI=1S/C27H29N7O4S2/c1-14-11-30-25(39-14)20-6-3-15(12-29-20)19-13-31-34-23(28)22(40(2,37)38)21(32-24(19)34)16-9-17-4-5-18(10-16)33(17)26(35)27(36)7-8-27/h3,6,11-13,16-18,36H,4-5,7-10,28H2,1-2H3. The number of sulfone groups is 1. The Hall–Kier alpha value is -3.42. The fourth-order valence-electron chi connectivity index (χ4n) is 6.34. The third kappa shape index (κ3) is 4.01. The number of aryl methyl sites for hydroxylation is 1. The number of hydrogen-bond donors (Lipinski definition) is 2. The molecule has 0 aromatic carbocycles. The zero-order valence-electron chi connectivity index (χ0n) is 22.1. The first-order valence-corrected chi connectivity index (χ1v) is 16.1. The average molecular weight is 580 g/mol. The molecular weight excluding hydrogens is 550 g/mol. The lowest BCUT2D eigenvalue weighted by Gasteiger charge is -2.40. The summed E-state index contributed by atoms with van der Waals surface area (Å²) in [6, 6.07) is 3.68. The molecule has 11 nitrogen and oxygen atoms in total. The molecule has 0 spiro atoms. The summed E-state index contributed by atoms with van der Waals surface area (Å²) in [5.41, 5.74) is 8.38. The molecule has 1 amide bonds. The van der Waals surface area contributed by atoms with Crippen molar-refractivity contribution in [2.75, 3.05) is 12.0 Å². The maximum Gasteiger partial charge on any atom is 0.255 e. The first-order chi connectivity index (χ1) is 19.0. The van der Waals surface area contributed by atoms with Crippen molar-refractivity contribution in [2.45, 2.75) is 73.9 Å². The molecule has 13 heteroatoms. The van der Waals surface area contributed by atoms with Crippen molar-refractivity contribution in [3.63, 3.8) is 0 Å². The van der Waals surface area contributed by atoms with Gasteiger partial charge in [-0.05, 0) is 51.5 Å². The fraction of sp³-hybridized carbons (Fsp3) is 0.444. The lowest BCUT2D eigenvalue weighted by molar-refractivity contribution is -0.147. The van der Waals surface area contributed by atoms with Crippen LogP contribution in [0, 0.1) is 6.92 Å². The number of anilines is 1. The zero-order valence-corrected chi connectivity index (χ0v) is 23.7. The van der Waals surface area contributed by atoms with E-state index in [9.17, 15) is 18.3 Å². The number of fused-ring (bicyclic) bond motifs is 3. The topological polar surface area (TPSA) is 157 Å². The fourth-order valence-corrected chi connectivity index (χ4v) is 8.14. The molecule has 6 heterocycles. The molecular formula is C27H29N7O4S2. The van der Waals surface area contributed by atoms with Gasteiger partial charge in [0.1, 0.15) is 21.3 Å². The Bertz CT molecular complexity index is 1760. The minimum Gasteiger partial charge on any atom is -0.382 e. The van der Waals surface area contributed by atoms with Crippen LogP contribution in [0.3, 0.4) is 0 Å². The van der Waals surface area contributed by atoms with E-state index in [0.29, 0.717) is 42.6 Å². The van der Waals surface area contributed by atoms with E-state index in [0.717, 1.165) is 40.2 Å². The smallest absolute Gasteiger partial charge is 0.255 e. The van der Waals surface area contributed by atoms with Gasteiger partial charge in [0.15, 0.2) is 15.5 Å². The number of aromatic nitrogens is 5. The zero-order chi connectivity index (χ0) is 28.0. The van der Waals surface area contributed by atoms with Gasteiger partial charge in [0, 0.05) is 52.7 Å². The average Bonchev–Trinajstić information content (AvgIpc) is 3.21. The Labute approximate surface area is 235 Å². The minimum absolute atomic E-state index is 0.00717. The van der Waals surface area contributed by atoms with E-state index in [4.69, 9.17) is 10.7 Å². The van der Waals surface area contributed by atoms with Gasteiger partial charge in [-0.1, -0.05) is 6.07 Å². The predicted molar refractivity (Wildman–Crippen MR) is 149 cm³/mol. The van der Waals surface area contributed by atoms with Gasteiger partial charge in [0.25, 0.3) is 5.91 Å². The molecule has 2 unspecified atom stereocenters. The maximum atomic E-state index is 13.0. The number of amides is 1. The molecule has 2 saturated heterocycles. The highest BCUT2D eigenvalue weighted by atomic mass is 32.2. The van der Waals surface area contributed by atoms with Crippen LogP contribution in [0.25, 0.3) is 27.5 Å². The van der Waals surface area contributed by atoms with Gasteiger partial charge in [0.05, 0.1) is 17.6 Å². The van der Waals surface area contributed by atoms with Crippen molar-refractivity contribution < 1.29 is 18.3 Å². The molecule has 2 aliphatic heterocycles. The van der Waals surface area contributed by atoms with Gasteiger partial charge in [-0.3, -0.25) is 9.78 Å². The van der Waals surface area contributed by atoms with Gasteiger partial charge in [-0.15, -0.1) is 11.3 Å². The summed E-state index contributed by atoms with van der Waals surface area (Å²) in [7, 11) is -3.74. The molecule has 2 atom stereocenters. The summed E-state index contributed by atoms with van der Waals surface area (Å²) in [6.45, 7) is 2.00. The first kappa shape index (κ1) is 25.5. The van der Waals surface area contributed by atoms with E-state index < -0.39 is 15.4 Å². The quantitative estimate of drug-likeness (QED) is 0.363.